The molecular formula is C45H46N8O6. The standard InChI is InChI=1S/C23H24N4O3.C22H22N4O3/c1-26(23(28)21-8-7-20(29-2)14-24-21)18-5-4-16-10-11-27(15-17(16)12-18)19-6-9-22(30-3)25-13-19;1-28-19-6-7-20(23-13-19)22(27)25-17-4-3-15-9-10-26(14-16(15)11-17)18-5-8-21(29-2)24-12-18/h4-9,12-14H,10-11,15H2,1-3H3;3-8,11-13H,9-10,14H2,1-2H3,(H,25,27). The van der Waals surface area contributed by atoms with Crippen LogP contribution in [-0.4, -0.2) is 80.3 Å². The first kappa shape index (κ1) is 40.0. The van der Waals surface area contributed by atoms with Gasteiger partial charge in [-0.25, -0.2) is 19.9 Å². The Balaban J connectivity index is 0.000000179. The van der Waals surface area contributed by atoms with Gasteiger partial charge in [-0.1, -0.05) is 12.1 Å². The number of carbonyl (C=O) groups excluding carboxylic acids is 2. The quantitative estimate of drug-likeness (QED) is 0.159. The number of ether oxygens (including phenoxy) is 4. The lowest BCUT2D eigenvalue weighted by molar-refractivity contribution is 0.0986. The number of methoxy groups -OCH3 is 4. The van der Waals surface area contributed by atoms with Crippen LogP contribution < -0.4 is 39.0 Å². The number of carbonyl (C=O) groups is 2. The Bertz CT molecular complexity index is 2380. The number of hydrogen-bond acceptors (Lipinski definition) is 12. The molecule has 0 radical (unpaired) electrons. The normalized spacial score (nSPS) is 12.8. The van der Waals surface area contributed by atoms with Crippen LogP contribution in [0.15, 0.2) is 110 Å². The first-order chi connectivity index (χ1) is 28.7. The van der Waals surface area contributed by atoms with Crippen molar-refractivity contribution in [1.82, 2.24) is 19.9 Å². The number of fused-ring (bicyclic) bond motifs is 2. The summed E-state index contributed by atoms with van der Waals surface area (Å²) in [6.07, 6.45) is 8.62. The second kappa shape index (κ2) is 18.4. The lowest BCUT2D eigenvalue weighted by Gasteiger charge is -2.31. The number of anilines is 4. The van der Waals surface area contributed by atoms with Gasteiger partial charge >= 0.3 is 0 Å². The molecular weight excluding hydrogens is 749 g/mol. The van der Waals surface area contributed by atoms with Gasteiger partial charge in [0.05, 0.1) is 64.6 Å². The van der Waals surface area contributed by atoms with Crippen molar-refractivity contribution in [3.8, 4) is 23.3 Å². The van der Waals surface area contributed by atoms with Gasteiger partial charge in [-0.2, -0.15) is 0 Å². The molecule has 0 saturated heterocycles. The number of nitrogens with one attached hydrogen (secondary N) is 1. The van der Waals surface area contributed by atoms with Crippen molar-refractivity contribution in [2.24, 2.45) is 0 Å². The van der Waals surface area contributed by atoms with Gasteiger partial charge in [-0.3, -0.25) is 9.59 Å². The van der Waals surface area contributed by atoms with Crippen molar-refractivity contribution in [1.29, 1.82) is 0 Å². The van der Waals surface area contributed by atoms with Gasteiger partial charge < -0.3 is 39.0 Å². The molecule has 0 saturated carbocycles. The van der Waals surface area contributed by atoms with Gasteiger partial charge in [0.1, 0.15) is 22.9 Å². The summed E-state index contributed by atoms with van der Waals surface area (Å²) in [6.45, 7) is 3.36. The van der Waals surface area contributed by atoms with Crippen molar-refractivity contribution in [3.05, 3.63) is 143 Å². The molecule has 2 aliphatic heterocycles. The number of benzene rings is 2. The lowest BCUT2D eigenvalue weighted by Crippen LogP contribution is -2.31. The Morgan fingerprint density at radius 1 is 0.576 bits per heavy atom. The summed E-state index contributed by atoms with van der Waals surface area (Å²) < 4.78 is 20.5. The van der Waals surface area contributed by atoms with Crippen LogP contribution in [0.25, 0.3) is 0 Å². The predicted molar refractivity (Wildman–Crippen MR) is 226 cm³/mol. The lowest BCUT2D eigenvalue weighted by atomic mass is 9.98. The summed E-state index contributed by atoms with van der Waals surface area (Å²) in [6, 6.07) is 26.8. The highest BCUT2D eigenvalue weighted by Gasteiger charge is 2.22. The van der Waals surface area contributed by atoms with Crippen molar-refractivity contribution in [2.45, 2.75) is 25.9 Å². The van der Waals surface area contributed by atoms with Crippen LogP contribution in [-0.2, 0) is 25.9 Å². The molecule has 14 heteroatoms. The van der Waals surface area contributed by atoms with E-state index < -0.39 is 0 Å². The van der Waals surface area contributed by atoms with E-state index >= 15 is 0 Å². The highest BCUT2D eigenvalue weighted by Crippen LogP contribution is 2.30. The molecule has 0 atom stereocenters. The minimum absolute atomic E-state index is 0.162. The summed E-state index contributed by atoms with van der Waals surface area (Å²) in [4.78, 5) is 48.5. The molecule has 6 heterocycles. The maximum Gasteiger partial charge on any atom is 0.276 e. The average Bonchev–Trinajstić information content (AvgIpc) is 3.30. The van der Waals surface area contributed by atoms with E-state index in [1.165, 1.54) is 28.5 Å². The molecule has 0 aliphatic carbocycles. The van der Waals surface area contributed by atoms with E-state index in [0.717, 1.165) is 61.8 Å². The van der Waals surface area contributed by atoms with Crippen LogP contribution in [0.1, 0.15) is 43.2 Å². The van der Waals surface area contributed by atoms with Crippen molar-refractivity contribution in [3.63, 3.8) is 0 Å². The van der Waals surface area contributed by atoms with E-state index in [4.69, 9.17) is 18.9 Å². The van der Waals surface area contributed by atoms with Gasteiger partial charge in [0.2, 0.25) is 11.8 Å². The highest BCUT2D eigenvalue weighted by molar-refractivity contribution is 6.04. The fourth-order valence-corrected chi connectivity index (χ4v) is 6.94. The van der Waals surface area contributed by atoms with E-state index in [1.54, 1.807) is 70.8 Å². The van der Waals surface area contributed by atoms with Gasteiger partial charge in [0.15, 0.2) is 0 Å². The molecule has 0 bridgehead atoms. The Hall–Kier alpha value is -7.22. The maximum absolute atomic E-state index is 12.9. The Labute approximate surface area is 343 Å². The van der Waals surface area contributed by atoms with Crippen LogP contribution in [0, 0.1) is 0 Å². The minimum Gasteiger partial charge on any atom is -0.495 e. The molecule has 0 unspecified atom stereocenters. The van der Waals surface area contributed by atoms with E-state index in [2.05, 4.69) is 53.3 Å². The monoisotopic (exact) mass is 794 g/mol. The number of amides is 2. The molecule has 0 spiro atoms. The van der Waals surface area contributed by atoms with Gasteiger partial charge in [-0.15, -0.1) is 0 Å². The Kier molecular flexibility index (Phi) is 12.4. The molecule has 59 heavy (non-hydrogen) atoms. The van der Waals surface area contributed by atoms with Crippen LogP contribution in [0.5, 0.6) is 23.3 Å². The van der Waals surface area contributed by atoms with Gasteiger partial charge in [0.25, 0.3) is 11.8 Å². The smallest absolute Gasteiger partial charge is 0.276 e. The number of nitrogens with zero attached hydrogens (tertiary/aromatic N) is 7. The van der Waals surface area contributed by atoms with Gasteiger partial charge in [0, 0.05) is 56.7 Å². The van der Waals surface area contributed by atoms with Crippen LogP contribution in [0.2, 0.25) is 0 Å². The predicted octanol–water partition coefficient (Wildman–Crippen LogP) is 6.64. The number of hydrogen-bond donors (Lipinski definition) is 1. The first-order valence-electron chi connectivity index (χ1n) is 19.1. The molecule has 1 N–H and O–H groups in total. The average molecular weight is 795 g/mol. The molecule has 2 aliphatic rings. The molecule has 0 fully saturated rings. The van der Waals surface area contributed by atoms with E-state index in [9.17, 15) is 9.59 Å². The van der Waals surface area contributed by atoms with Crippen LogP contribution >= 0.6 is 0 Å². The summed E-state index contributed by atoms with van der Waals surface area (Å²) in [5.74, 6) is 2.03. The van der Waals surface area contributed by atoms with Crippen molar-refractivity contribution >= 4 is 34.6 Å². The Morgan fingerprint density at radius 3 is 1.61 bits per heavy atom. The van der Waals surface area contributed by atoms with E-state index in [1.807, 2.05) is 54.9 Å². The third kappa shape index (κ3) is 9.50. The molecule has 302 valence electrons. The van der Waals surface area contributed by atoms with E-state index in [0.29, 0.717) is 34.6 Å². The maximum atomic E-state index is 12.9. The van der Waals surface area contributed by atoms with Crippen molar-refractivity contribution < 1.29 is 28.5 Å². The third-order valence-corrected chi connectivity index (χ3v) is 10.4. The molecule has 14 nitrogen and oxygen atoms in total. The largest absolute Gasteiger partial charge is 0.495 e. The molecule has 4 aromatic heterocycles. The zero-order valence-corrected chi connectivity index (χ0v) is 33.7. The summed E-state index contributed by atoms with van der Waals surface area (Å²) in [5, 5.41) is 2.93. The summed E-state index contributed by atoms with van der Waals surface area (Å²) in [7, 11) is 8.12. The van der Waals surface area contributed by atoms with Crippen molar-refractivity contribution in [2.75, 3.05) is 68.6 Å². The van der Waals surface area contributed by atoms with Gasteiger partial charge in [-0.05, 0) is 95.8 Å². The zero-order chi connectivity index (χ0) is 41.3. The number of pyridine rings is 4. The van der Waals surface area contributed by atoms with Crippen LogP contribution in [0.3, 0.4) is 0 Å². The van der Waals surface area contributed by atoms with Crippen LogP contribution in [0.4, 0.5) is 22.7 Å². The number of rotatable bonds is 10. The fourth-order valence-electron chi connectivity index (χ4n) is 6.94. The topological polar surface area (TPSA) is 144 Å². The molecule has 2 aromatic carbocycles. The molecule has 6 aromatic rings. The second-order valence-electron chi connectivity index (χ2n) is 13.9. The molecule has 2 amide bonds. The van der Waals surface area contributed by atoms with E-state index in [-0.39, 0.29) is 11.8 Å². The fraction of sp³-hybridized carbons (Fsp3) is 0.244. The second-order valence-corrected chi connectivity index (χ2v) is 13.9. The SMILES string of the molecule is COc1ccc(C(=O)N(C)c2ccc3c(c2)CN(c2ccc(OC)nc2)CC3)nc1.COc1ccc(C(=O)Nc2ccc3c(c2)CN(c2ccc(OC)nc2)CC3)nc1. The highest BCUT2D eigenvalue weighted by atomic mass is 16.5. The molecule has 8 rings (SSSR count). The number of aromatic nitrogens is 4. The first-order valence-corrected chi connectivity index (χ1v) is 19.1. The third-order valence-electron chi connectivity index (χ3n) is 10.4. The summed E-state index contributed by atoms with van der Waals surface area (Å²) >= 11 is 0. The zero-order valence-electron chi connectivity index (χ0n) is 33.7. The minimum atomic E-state index is -0.250. The summed E-state index contributed by atoms with van der Waals surface area (Å²) in [5.41, 5.74) is 9.41. The Morgan fingerprint density at radius 2 is 1.12 bits per heavy atom.